The van der Waals surface area contributed by atoms with E-state index in [0.29, 0.717) is 25.9 Å². The summed E-state index contributed by atoms with van der Waals surface area (Å²) in [4.78, 5) is 11.8. The average Bonchev–Trinajstić information content (AvgIpc) is 3.41. The van der Waals surface area contributed by atoms with Crippen molar-refractivity contribution in [2.24, 2.45) is 28.6 Å². The lowest BCUT2D eigenvalue weighted by molar-refractivity contribution is -0.291. The van der Waals surface area contributed by atoms with Crippen LogP contribution in [0.25, 0.3) is 0 Å². The van der Waals surface area contributed by atoms with E-state index in [-0.39, 0.29) is 52.9 Å². The number of carbonyl (C=O) groups is 1. The fraction of sp³-hybridized carbons (Fsp3) is 0.900. The van der Waals surface area contributed by atoms with Crippen molar-refractivity contribution in [1.82, 2.24) is 0 Å². The van der Waals surface area contributed by atoms with Crippen molar-refractivity contribution >= 4 is 5.97 Å². The highest BCUT2D eigenvalue weighted by Gasteiger charge is 2.70. The highest BCUT2D eigenvalue weighted by Crippen LogP contribution is 2.70. The molecule has 0 radical (unpaired) electrons. The van der Waals surface area contributed by atoms with Gasteiger partial charge in [0, 0.05) is 31.4 Å². The first-order valence-corrected chi connectivity index (χ1v) is 14.8. The minimum absolute atomic E-state index is 0.116. The Hall–Kier alpha value is -1.03. The van der Waals surface area contributed by atoms with E-state index in [1.165, 1.54) is 0 Å². The summed E-state index contributed by atoms with van der Waals surface area (Å²) in [5.74, 6) is 0.293. The zero-order valence-corrected chi connectivity index (χ0v) is 23.4. The number of carbonyl (C=O) groups excluding carboxylic acids is 1. The Morgan fingerprint density at radius 2 is 1.74 bits per heavy atom. The molecule has 8 heteroatoms. The van der Waals surface area contributed by atoms with Gasteiger partial charge in [0.05, 0.1) is 29.5 Å². The zero-order valence-electron chi connectivity index (χ0n) is 23.4. The van der Waals surface area contributed by atoms with Crippen molar-refractivity contribution in [2.75, 3.05) is 13.7 Å². The smallest absolute Gasteiger partial charge is 0.331 e. The number of ether oxygens (including phenoxy) is 4. The van der Waals surface area contributed by atoms with Gasteiger partial charge in [0.1, 0.15) is 12.7 Å². The fourth-order valence-electron chi connectivity index (χ4n) is 10.0. The minimum atomic E-state index is -0.853. The summed E-state index contributed by atoms with van der Waals surface area (Å²) in [6, 6.07) is 0. The van der Waals surface area contributed by atoms with Crippen LogP contribution in [0.1, 0.15) is 85.0 Å². The molecular weight excluding hydrogens is 488 g/mol. The topological polar surface area (TPSA) is 115 Å². The van der Waals surface area contributed by atoms with Crippen molar-refractivity contribution in [3.63, 3.8) is 0 Å². The Morgan fingerprint density at radius 1 is 1.00 bits per heavy atom. The number of rotatable bonds is 4. The molecule has 0 amide bonds. The summed E-state index contributed by atoms with van der Waals surface area (Å²) in [7, 11) is 1.60. The number of hydrogen-bond acceptors (Lipinski definition) is 8. The van der Waals surface area contributed by atoms with Gasteiger partial charge in [-0.05, 0) is 87.0 Å². The average molecular weight is 535 g/mol. The van der Waals surface area contributed by atoms with Crippen LogP contribution in [-0.4, -0.2) is 76.9 Å². The largest absolute Gasteiger partial charge is 0.458 e. The van der Waals surface area contributed by atoms with Crippen LogP contribution in [0.15, 0.2) is 11.6 Å². The summed E-state index contributed by atoms with van der Waals surface area (Å²) < 4.78 is 23.0. The fourth-order valence-corrected chi connectivity index (χ4v) is 10.0. The van der Waals surface area contributed by atoms with Crippen LogP contribution in [0, 0.1) is 28.6 Å². The number of aliphatic hydroxyl groups is 3. The molecule has 214 valence electrons. The zero-order chi connectivity index (χ0) is 27.1. The summed E-state index contributed by atoms with van der Waals surface area (Å²) in [6.07, 6.45) is 7.36. The van der Waals surface area contributed by atoms with E-state index in [4.69, 9.17) is 18.9 Å². The van der Waals surface area contributed by atoms with Gasteiger partial charge < -0.3 is 34.3 Å². The molecule has 6 rings (SSSR count). The van der Waals surface area contributed by atoms with Crippen molar-refractivity contribution in [3.8, 4) is 0 Å². The van der Waals surface area contributed by atoms with Gasteiger partial charge >= 0.3 is 5.97 Å². The van der Waals surface area contributed by atoms with Gasteiger partial charge in [0.2, 0.25) is 0 Å². The van der Waals surface area contributed by atoms with Crippen LogP contribution in [0.5, 0.6) is 0 Å². The molecule has 5 fully saturated rings. The first-order chi connectivity index (χ1) is 17.9. The third-order valence-corrected chi connectivity index (χ3v) is 12.4. The van der Waals surface area contributed by atoms with Crippen LogP contribution < -0.4 is 0 Å². The predicted molar refractivity (Wildman–Crippen MR) is 138 cm³/mol. The molecule has 1 saturated heterocycles. The van der Waals surface area contributed by atoms with E-state index in [0.717, 1.165) is 50.5 Å². The summed E-state index contributed by atoms with van der Waals surface area (Å²) >= 11 is 0. The Kier molecular flexibility index (Phi) is 6.61. The van der Waals surface area contributed by atoms with Crippen LogP contribution in [0.2, 0.25) is 0 Å². The first kappa shape index (κ1) is 27.2. The van der Waals surface area contributed by atoms with Crippen LogP contribution in [0.4, 0.5) is 0 Å². The molecule has 4 saturated carbocycles. The van der Waals surface area contributed by atoms with Gasteiger partial charge in [-0.25, -0.2) is 4.79 Å². The normalized spacial score (nSPS) is 54.5. The Morgan fingerprint density at radius 3 is 2.45 bits per heavy atom. The SMILES string of the molecule is COC1C[C@H](O[C@H]2CC[C@]3(C)C4CC[C@]5(C)[C@@H](C6=CC(=O)OC6)CC[C@]5(O)C4CC[C@]3(O)C2)OC(C)[C@H]1O. The van der Waals surface area contributed by atoms with E-state index in [9.17, 15) is 20.1 Å². The molecule has 8 nitrogen and oxygen atoms in total. The van der Waals surface area contributed by atoms with Gasteiger partial charge in [-0.2, -0.15) is 0 Å². The summed E-state index contributed by atoms with van der Waals surface area (Å²) in [6.45, 7) is 6.67. The van der Waals surface area contributed by atoms with Gasteiger partial charge in [-0.1, -0.05) is 13.8 Å². The summed E-state index contributed by atoms with van der Waals surface area (Å²) in [5, 5.41) is 34.9. The first-order valence-electron chi connectivity index (χ1n) is 14.8. The molecule has 0 spiro atoms. The summed E-state index contributed by atoms with van der Waals surface area (Å²) in [5.41, 5.74) is -1.17. The maximum Gasteiger partial charge on any atom is 0.331 e. The lowest BCUT2D eigenvalue weighted by atomic mass is 9.42. The lowest BCUT2D eigenvalue weighted by Gasteiger charge is -2.66. The third kappa shape index (κ3) is 3.81. The molecule has 2 aliphatic heterocycles. The third-order valence-electron chi connectivity index (χ3n) is 12.4. The molecule has 2 heterocycles. The number of esters is 1. The quantitative estimate of drug-likeness (QED) is 0.372. The molecule has 38 heavy (non-hydrogen) atoms. The molecule has 0 bridgehead atoms. The van der Waals surface area contributed by atoms with E-state index in [1.54, 1.807) is 13.2 Å². The standard InChI is InChI=1S/C30H46O8/c1-17-26(32)23(35-4)14-25(37-17)38-19-5-9-27(2)21-6-10-28(3)20(18-13-24(31)36-16-18)8-12-30(28,34)22(21)7-11-29(27,33)15-19/h13,17,19-23,25-26,32-34H,5-12,14-16H2,1-4H3/t17?,19-,20+,21?,22?,23?,25-,26+,27+,28+,29-,30-/m0/s1. The molecular formula is C30H46O8. The molecule has 0 aromatic heterocycles. The van der Waals surface area contributed by atoms with Crippen molar-refractivity contribution in [2.45, 2.75) is 127 Å². The Labute approximate surface area is 226 Å². The number of methoxy groups -OCH3 is 1. The van der Waals surface area contributed by atoms with Crippen molar-refractivity contribution < 1.29 is 39.1 Å². The van der Waals surface area contributed by atoms with Gasteiger partial charge in [-0.3, -0.25) is 0 Å². The minimum Gasteiger partial charge on any atom is -0.458 e. The molecule has 0 aromatic rings. The maximum atomic E-state index is 12.4. The molecule has 3 N–H and O–H groups in total. The van der Waals surface area contributed by atoms with E-state index < -0.39 is 23.6 Å². The van der Waals surface area contributed by atoms with Gasteiger partial charge in [0.25, 0.3) is 0 Å². The highest BCUT2D eigenvalue weighted by atomic mass is 16.7. The maximum absolute atomic E-state index is 12.4. The van der Waals surface area contributed by atoms with Gasteiger partial charge in [0.15, 0.2) is 6.29 Å². The highest BCUT2D eigenvalue weighted by molar-refractivity contribution is 5.85. The molecule has 4 unspecified atom stereocenters. The van der Waals surface area contributed by atoms with Crippen molar-refractivity contribution in [3.05, 3.63) is 11.6 Å². The molecule has 12 atom stereocenters. The Bertz CT molecular complexity index is 983. The van der Waals surface area contributed by atoms with Crippen LogP contribution in [-0.2, 0) is 23.7 Å². The monoisotopic (exact) mass is 534 g/mol. The van der Waals surface area contributed by atoms with Crippen LogP contribution in [0.3, 0.4) is 0 Å². The second kappa shape index (κ2) is 9.25. The lowest BCUT2D eigenvalue weighted by Crippen LogP contribution is -2.67. The second-order valence-electron chi connectivity index (χ2n) is 13.8. The molecule has 4 aliphatic carbocycles. The Balaban J connectivity index is 1.18. The van der Waals surface area contributed by atoms with E-state index in [1.807, 2.05) is 6.92 Å². The van der Waals surface area contributed by atoms with Gasteiger partial charge in [-0.15, -0.1) is 0 Å². The molecule has 6 aliphatic rings. The van der Waals surface area contributed by atoms with Crippen LogP contribution >= 0.6 is 0 Å². The van der Waals surface area contributed by atoms with E-state index >= 15 is 0 Å². The number of aliphatic hydroxyl groups excluding tert-OH is 1. The number of fused-ring (bicyclic) bond motifs is 5. The predicted octanol–water partition coefficient (Wildman–Crippen LogP) is 3.25. The van der Waals surface area contributed by atoms with E-state index in [2.05, 4.69) is 13.8 Å². The second-order valence-corrected chi connectivity index (χ2v) is 13.8. The number of cyclic esters (lactones) is 1. The van der Waals surface area contributed by atoms with Crippen molar-refractivity contribution in [1.29, 1.82) is 0 Å². The number of hydrogen-bond donors (Lipinski definition) is 3. The molecule has 0 aromatic carbocycles.